The predicted octanol–water partition coefficient (Wildman–Crippen LogP) is 5.38. The van der Waals surface area contributed by atoms with Crippen molar-refractivity contribution in [2.24, 2.45) is 0 Å². The molecule has 0 atom stereocenters. The first-order chi connectivity index (χ1) is 11.8. The molecule has 24 heavy (non-hydrogen) atoms. The van der Waals surface area contributed by atoms with Gasteiger partial charge in [0, 0.05) is 16.1 Å². The molecule has 0 saturated heterocycles. The Bertz CT molecular complexity index is 657. The van der Waals surface area contributed by atoms with E-state index in [1.807, 2.05) is 36.4 Å². The molecule has 0 aliphatic carbocycles. The molecule has 4 heteroatoms. The number of ether oxygens (including phenoxy) is 1. The van der Waals surface area contributed by atoms with E-state index in [4.69, 9.17) is 4.74 Å². The van der Waals surface area contributed by atoms with E-state index in [1.165, 1.54) is 32.1 Å². The van der Waals surface area contributed by atoms with Crippen LogP contribution in [0.3, 0.4) is 0 Å². The van der Waals surface area contributed by atoms with Gasteiger partial charge in [0.15, 0.2) is 0 Å². The van der Waals surface area contributed by atoms with E-state index in [0.29, 0.717) is 18.2 Å². The summed E-state index contributed by atoms with van der Waals surface area (Å²) in [6, 6.07) is 11.5. The van der Waals surface area contributed by atoms with Crippen molar-refractivity contribution in [3.05, 3.63) is 52.1 Å². The van der Waals surface area contributed by atoms with Gasteiger partial charge >= 0.3 is 0 Å². The van der Waals surface area contributed by atoms with Crippen molar-refractivity contribution in [3.8, 4) is 17.7 Å². The van der Waals surface area contributed by atoms with E-state index in [-0.39, 0.29) is 0 Å². The molecule has 0 aliphatic rings. The van der Waals surface area contributed by atoms with Crippen LogP contribution in [-0.4, -0.2) is 16.8 Å². The van der Waals surface area contributed by atoms with Gasteiger partial charge in [-0.15, -0.1) is 10.2 Å². The third-order valence-corrected chi connectivity index (χ3v) is 4.10. The van der Waals surface area contributed by atoms with Gasteiger partial charge in [0.05, 0.1) is 6.61 Å². The number of hydrogen-bond donors (Lipinski definition) is 0. The van der Waals surface area contributed by atoms with Crippen LogP contribution in [0.5, 0.6) is 5.88 Å². The molecule has 0 fully saturated rings. The highest BCUT2D eigenvalue weighted by atomic mass is 79.9. The highest BCUT2D eigenvalue weighted by Crippen LogP contribution is 2.10. The second kappa shape index (κ2) is 10.8. The molecular formula is C20H23BrN2O. The molecule has 2 rings (SSSR count). The van der Waals surface area contributed by atoms with Gasteiger partial charge in [0.1, 0.15) is 5.69 Å². The molecular weight excluding hydrogens is 364 g/mol. The summed E-state index contributed by atoms with van der Waals surface area (Å²) in [5.74, 6) is 6.65. The highest BCUT2D eigenvalue weighted by molar-refractivity contribution is 9.10. The van der Waals surface area contributed by atoms with Crippen LogP contribution in [0.4, 0.5) is 0 Å². The number of unbranched alkanes of at least 4 members (excludes halogenated alkanes) is 5. The number of aromatic nitrogens is 2. The molecule has 0 amide bonds. The smallest absolute Gasteiger partial charge is 0.233 e. The van der Waals surface area contributed by atoms with Gasteiger partial charge < -0.3 is 4.74 Å². The normalized spacial score (nSPS) is 10.1. The summed E-state index contributed by atoms with van der Waals surface area (Å²) in [7, 11) is 0. The molecule has 0 aliphatic heterocycles. The van der Waals surface area contributed by atoms with E-state index in [1.54, 1.807) is 0 Å². The zero-order valence-electron chi connectivity index (χ0n) is 14.1. The molecule has 1 aromatic heterocycles. The van der Waals surface area contributed by atoms with Crippen LogP contribution in [0.2, 0.25) is 0 Å². The Hall–Kier alpha value is -1.86. The summed E-state index contributed by atoms with van der Waals surface area (Å²) in [4.78, 5) is 0. The standard InChI is InChI=1S/C20H23BrN2O/c1-2-3-4-5-6-7-16-24-20-15-14-19(22-23-20)13-10-17-8-11-18(21)12-9-17/h8-9,11-12,14-15H,2-7,16H2,1H3. The maximum atomic E-state index is 5.62. The lowest BCUT2D eigenvalue weighted by Crippen LogP contribution is -2.00. The summed E-state index contributed by atoms with van der Waals surface area (Å²) >= 11 is 3.41. The Kier molecular flexibility index (Phi) is 8.34. The molecule has 2 aromatic rings. The molecule has 0 bridgehead atoms. The first-order valence-electron chi connectivity index (χ1n) is 8.52. The van der Waals surface area contributed by atoms with Gasteiger partial charge in [0.2, 0.25) is 5.88 Å². The second-order valence-corrected chi connectivity index (χ2v) is 6.55. The van der Waals surface area contributed by atoms with Gasteiger partial charge in [0.25, 0.3) is 0 Å². The average molecular weight is 387 g/mol. The molecule has 0 spiro atoms. The van der Waals surface area contributed by atoms with E-state index in [0.717, 1.165) is 16.5 Å². The van der Waals surface area contributed by atoms with Crippen molar-refractivity contribution in [1.82, 2.24) is 10.2 Å². The Balaban J connectivity index is 1.74. The van der Waals surface area contributed by atoms with Crippen LogP contribution in [-0.2, 0) is 0 Å². The summed E-state index contributed by atoms with van der Waals surface area (Å²) in [5.41, 5.74) is 1.59. The van der Waals surface area contributed by atoms with Gasteiger partial charge in [-0.2, -0.15) is 0 Å². The van der Waals surface area contributed by atoms with Gasteiger partial charge in [-0.05, 0) is 42.7 Å². The summed E-state index contributed by atoms with van der Waals surface area (Å²) in [6.45, 7) is 2.93. The summed E-state index contributed by atoms with van der Waals surface area (Å²) in [6.07, 6.45) is 7.49. The zero-order valence-corrected chi connectivity index (χ0v) is 15.7. The fourth-order valence-corrected chi connectivity index (χ4v) is 2.46. The minimum absolute atomic E-state index is 0.567. The molecule has 0 unspecified atom stereocenters. The Morgan fingerprint density at radius 1 is 0.875 bits per heavy atom. The van der Waals surface area contributed by atoms with Crippen LogP contribution < -0.4 is 4.74 Å². The number of rotatable bonds is 8. The SMILES string of the molecule is CCCCCCCCOc1ccc(C#Cc2ccc(Br)cc2)nn1. The topological polar surface area (TPSA) is 35.0 Å². The molecule has 0 saturated carbocycles. The zero-order chi connectivity index (χ0) is 17.0. The van der Waals surface area contributed by atoms with E-state index >= 15 is 0 Å². The lowest BCUT2D eigenvalue weighted by Gasteiger charge is -2.04. The van der Waals surface area contributed by atoms with Crippen molar-refractivity contribution in [3.63, 3.8) is 0 Å². The van der Waals surface area contributed by atoms with Gasteiger partial charge in [-0.3, -0.25) is 0 Å². The Morgan fingerprint density at radius 2 is 1.62 bits per heavy atom. The second-order valence-electron chi connectivity index (χ2n) is 5.63. The largest absolute Gasteiger partial charge is 0.477 e. The minimum atomic E-state index is 0.567. The fourth-order valence-electron chi connectivity index (χ4n) is 2.19. The van der Waals surface area contributed by atoms with E-state index < -0.39 is 0 Å². The van der Waals surface area contributed by atoms with Gasteiger partial charge in [-0.25, -0.2) is 0 Å². The van der Waals surface area contributed by atoms with Crippen molar-refractivity contribution in [1.29, 1.82) is 0 Å². The van der Waals surface area contributed by atoms with Crippen molar-refractivity contribution < 1.29 is 4.74 Å². The van der Waals surface area contributed by atoms with Crippen LogP contribution >= 0.6 is 15.9 Å². The van der Waals surface area contributed by atoms with Crippen molar-refractivity contribution >= 4 is 15.9 Å². The molecule has 3 nitrogen and oxygen atoms in total. The molecule has 0 radical (unpaired) electrons. The number of nitrogens with zero attached hydrogens (tertiary/aromatic N) is 2. The van der Waals surface area contributed by atoms with E-state index in [2.05, 4.69) is 44.9 Å². The van der Waals surface area contributed by atoms with Crippen molar-refractivity contribution in [2.45, 2.75) is 45.4 Å². The average Bonchev–Trinajstić information content (AvgIpc) is 2.61. The van der Waals surface area contributed by atoms with Crippen molar-refractivity contribution in [2.75, 3.05) is 6.61 Å². The van der Waals surface area contributed by atoms with Crippen LogP contribution in [0.1, 0.15) is 56.7 Å². The monoisotopic (exact) mass is 386 g/mol. The minimum Gasteiger partial charge on any atom is -0.477 e. The quantitative estimate of drug-likeness (QED) is 0.451. The number of halogens is 1. The molecule has 0 N–H and O–H groups in total. The third kappa shape index (κ3) is 7.14. The maximum absolute atomic E-state index is 5.62. The maximum Gasteiger partial charge on any atom is 0.233 e. The third-order valence-electron chi connectivity index (χ3n) is 3.57. The van der Waals surface area contributed by atoms with Crippen LogP contribution in [0, 0.1) is 11.8 Å². The first-order valence-corrected chi connectivity index (χ1v) is 9.31. The van der Waals surface area contributed by atoms with E-state index in [9.17, 15) is 0 Å². The fraction of sp³-hybridized carbons (Fsp3) is 0.400. The predicted molar refractivity (Wildman–Crippen MR) is 101 cm³/mol. The molecule has 126 valence electrons. The first kappa shape index (κ1) is 18.5. The number of hydrogen-bond acceptors (Lipinski definition) is 3. The number of benzene rings is 1. The van der Waals surface area contributed by atoms with Crippen LogP contribution in [0.15, 0.2) is 40.9 Å². The summed E-state index contributed by atoms with van der Waals surface area (Å²) < 4.78 is 6.66. The molecule has 1 heterocycles. The van der Waals surface area contributed by atoms with Crippen LogP contribution in [0.25, 0.3) is 0 Å². The summed E-state index contributed by atoms with van der Waals surface area (Å²) in [5, 5.41) is 8.16. The Morgan fingerprint density at radius 3 is 2.33 bits per heavy atom. The lowest BCUT2D eigenvalue weighted by atomic mass is 10.1. The van der Waals surface area contributed by atoms with Gasteiger partial charge in [-0.1, -0.05) is 60.9 Å². The Labute approximate surface area is 153 Å². The lowest BCUT2D eigenvalue weighted by molar-refractivity contribution is 0.290. The molecule has 1 aromatic carbocycles. The highest BCUT2D eigenvalue weighted by Gasteiger charge is 1.97.